The van der Waals surface area contributed by atoms with Crippen molar-refractivity contribution in [3.63, 3.8) is 0 Å². The summed E-state index contributed by atoms with van der Waals surface area (Å²) in [6.07, 6.45) is 6.54. The SMILES string of the molecule is CC(C)/C=C/CNC(=O)CCCCCNC(=O)c1ccc(C(=O)O)c(-c2c3ccc(=O)cc-3oc3cc(O)ccc23)c1. The lowest BCUT2D eigenvalue weighted by Gasteiger charge is -2.17. The van der Waals surface area contributed by atoms with Gasteiger partial charge < -0.3 is 25.3 Å². The van der Waals surface area contributed by atoms with E-state index < -0.39 is 5.97 Å². The second-order valence-corrected chi connectivity index (χ2v) is 10.4. The summed E-state index contributed by atoms with van der Waals surface area (Å²) in [6, 6.07) is 13.0. The molecule has 2 aromatic carbocycles. The number of carbonyl (C=O) groups excluding carboxylic acids is 2. The lowest BCUT2D eigenvalue weighted by Crippen LogP contribution is -2.25. The van der Waals surface area contributed by atoms with Crippen LogP contribution in [0.1, 0.15) is 60.2 Å². The number of carbonyl (C=O) groups is 3. The number of hydrogen-bond donors (Lipinski definition) is 4. The number of hydrogen-bond acceptors (Lipinski definition) is 6. The zero-order valence-electron chi connectivity index (χ0n) is 23.6. The van der Waals surface area contributed by atoms with E-state index in [-0.39, 0.29) is 51.0 Å². The van der Waals surface area contributed by atoms with E-state index >= 15 is 0 Å². The molecule has 2 amide bonds. The fraction of sp³-hybridized carbons (Fsp3) is 0.273. The molecule has 1 aliphatic heterocycles. The van der Waals surface area contributed by atoms with Crippen LogP contribution in [0.15, 0.2) is 76.0 Å². The summed E-state index contributed by atoms with van der Waals surface area (Å²) in [5.74, 6) is -0.941. The largest absolute Gasteiger partial charge is 0.508 e. The van der Waals surface area contributed by atoms with Crippen molar-refractivity contribution in [1.29, 1.82) is 0 Å². The van der Waals surface area contributed by atoms with E-state index in [0.29, 0.717) is 54.8 Å². The van der Waals surface area contributed by atoms with E-state index in [2.05, 4.69) is 24.5 Å². The number of benzene rings is 3. The molecule has 0 saturated heterocycles. The Morgan fingerprint density at radius 2 is 1.74 bits per heavy atom. The van der Waals surface area contributed by atoms with E-state index in [1.54, 1.807) is 12.1 Å². The number of allylic oxidation sites excluding steroid dienone is 1. The molecule has 0 unspecified atom stereocenters. The highest BCUT2D eigenvalue weighted by atomic mass is 16.4. The van der Waals surface area contributed by atoms with Crippen LogP contribution in [0.5, 0.6) is 5.75 Å². The number of aromatic carboxylic acids is 1. The summed E-state index contributed by atoms with van der Waals surface area (Å²) in [5, 5.41) is 26.2. The van der Waals surface area contributed by atoms with Crippen LogP contribution in [-0.4, -0.2) is 41.1 Å². The molecular weight excluding hydrogens is 536 g/mol. The summed E-state index contributed by atoms with van der Waals surface area (Å²) in [6.45, 7) is 5.06. The third-order valence-corrected chi connectivity index (χ3v) is 6.76. The van der Waals surface area contributed by atoms with Gasteiger partial charge in [0.2, 0.25) is 5.91 Å². The van der Waals surface area contributed by atoms with Crippen LogP contribution >= 0.6 is 0 Å². The molecule has 4 N–H and O–H groups in total. The predicted molar refractivity (Wildman–Crippen MR) is 161 cm³/mol. The first-order valence-corrected chi connectivity index (χ1v) is 13.9. The molecule has 0 fully saturated rings. The summed E-state index contributed by atoms with van der Waals surface area (Å²) in [7, 11) is 0. The maximum Gasteiger partial charge on any atom is 0.336 e. The van der Waals surface area contributed by atoms with Crippen molar-refractivity contribution in [2.75, 3.05) is 13.1 Å². The van der Waals surface area contributed by atoms with Gasteiger partial charge in [-0.15, -0.1) is 0 Å². The number of carboxylic acids is 1. The molecule has 2 aromatic rings. The van der Waals surface area contributed by atoms with Crippen LogP contribution in [0.2, 0.25) is 0 Å². The maximum absolute atomic E-state index is 13.0. The smallest absolute Gasteiger partial charge is 0.336 e. The Kier molecular flexibility index (Phi) is 9.75. The topological polar surface area (TPSA) is 146 Å². The Labute approximate surface area is 243 Å². The first-order chi connectivity index (χ1) is 20.1. The highest BCUT2D eigenvalue weighted by Crippen LogP contribution is 2.42. The summed E-state index contributed by atoms with van der Waals surface area (Å²) < 4.78 is 5.87. The van der Waals surface area contributed by atoms with E-state index in [1.807, 2.05) is 12.2 Å². The molecule has 218 valence electrons. The first-order valence-electron chi connectivity index (χ1n) is 13.9. The van der Waals surface area contributed by atoms with Gasteiger partial charge in [-0.2, -0.15) is 0 Å². The molecule has 0 spiro atoms. The van der Waals surface area contributed by atoms with Crippen molar-refractivity contribution in [3.05, 3.63) is 88.1 Å². The molecule has 4 rings (SSSR count). The highest BCUT2D eigenvalue weighted by Gasteiger charge is 2.23. The van der Waals surface area contributed by atoms with Gasteiger partial charge in [-0.1, -0.05) is 32.4 Å². The fourth-order valence-electron chi connectivity index (χ4n) is 4.72. The van der Waals surface area contributed by atoms with Crippen molar-refractivity contribution in [2.45, 2.75) is 39.5 Å². The van der Waals surface area contributed by atoms with Crippen molar-refractivity contribution in [2.24, 2.45) is 5.92 Å². The molecular formula is C33H34N2O7. The molecule has 9 heteroatoms. The molecule has 42 heavy (non-hydrogen) atoms. The number of unbranched alkanes of at least 4 members (excludes halogenated alkanes) is 2. The lowest BCUT2D eigenvalue weighted by atomic mass is 9.89. The molecule has 0 saturated carbocycles. The quantitative estimate of drug-likeness (QED) is 0.0987. The van der Waals surface area contributed by atoms with Crippen LogP contribution in [0.25, 0.3) is 33.4 Å². The minimum atomic E-state index is -1.18. The van der Waals surface area contributed by atoms with Gasteiger partial charge in [0.25, 0.3) is 5.91 Å². The van der Waals surface area contributed by atoms with Crippen LogP contribution in [-0.2, 0) is 4.79 Å². The Balaban J connectivity index is 1.49. The van der Waals surface area contributed by atoms with Crippen molar-refractivity contribution in [3.8, 4) is 28.2 Å². The third kappa shape index (κ3) is 7.42. The summed E-state index contributed by atoms with van der Waals surface area (Å²) >= 11 is 0. The molecule has 0 aromatic heterocycles. The maximum atomic E-state index is 13.0. The number of carboxylic acid groups (broad SMARTS) is 1. The van der Waals surface area contributed by atoms with Crippen molar-refractivity contribution in [1.82, 2.24) is 10.6 Å². The van der Waals surface area contributed by atoms with Gasteiger partial charge in [-0.3, -0.25) is 14.4 Å². The second-order valence-electron chi connectivity index (χ2n) is 10.4. The number of phenols is 1. The predicted octanol–water partition coefficient (Wildman–Crippen LogP) is 5.59. The molecule has 2 aliphatic rings. The molecule has 0 atom stereocenters. The number of aromatic hydroxyl groups is 1. The zero-order valence-corrected chi connectivity index (χ0v) is 23.6. The molecule has 0 radical (unpaired) electrons. The Hall–Kier alpha value is -4.92. The minimum absolute atomic E-state index is 0.00561. The van der Waals surface area contributed by atoms with Crippen molar-refractivity contribution >= 4 is 28.8 Å². The zero-order chi connectivity index (χ0) is 30.2. The minimum Gasteiger partial charge on any atom is -0.508 e. The normalized spacial score (nSPS) is 11.4. The van der Waals surface area contributed by atoms with E-state index in [4.69, 9.17) is 4.42 Å². The monoisotopic (exact) mass is 570 g/mol. The van der Waals surface area contributed by atoms with Gasteiger partial charge in [-0.25, -0.2) is 4.79 Å². The van der Waals surface area contributed by atoms with Gasteiger partial charge in [0.05, 0.1) is 5.56 Å². The number of fused-ring (bicyclic) bond motifs is 2. The van der Waals surface area contributed by atoms with Crippen LogP contribution < -0.4 is 16.1 Å². The lowest BCUT2D eigenvalue weighted by molar-refractivity contribution is -0.121. The number of rotatable bonds is 12. The average Bonchev–Trinajstić information content (AvgIpc) is 2.95. The van der Waals surface area contributed by atoms with E-state index in [0.717, 1.165) is 6.42 Å². The summed E-state index contributed by atoms with van der Waals surface area (Å²) in [5.41, 5.74) is 1.45. The van der Waals surface area contributed by atoms with Crippen LogP contribution in [0, 0.1) is 5.92 Å². The Bertz CT molecular complexity index is 1670. The van der Waals surface area contributed by atoms with E-state index in [9.17, 15) is 29.4 Å². The standard InChI is InChI=1S/C33H34N2O7/c1-20(2)7-6-16-34-30(38)8-4-3-5-15-35-32(39)21-9-12-24(33(40)41)27(17-21)31-25-13-10-22(36)18-28(25)42-29-19-23(37)11-14-26(29)31/h6-7,9-14,17-20,36H,3-5,8,15-16H2,1-2H3,(H,34,38)(H,35,39)(H,40,41)/b7-6+. The second kappa shape index (κ2) is 13.6. The number of amides is 2. The van der Waals surface area contributed by atoms with E-state index in [1.165, 1.54) is 42.5 Å². The van der Waals surface area contributed by atoms with Crippen LogP contribution in [0.3, 0.4) is 0 Å². The van der Waals surface area contributed by atoms with Crippen LogP contribution in [0.4, 0.5) is 0 Å². The number of phenolic OH excluding ortho intramolecular Hbond substituents is 1. The number of nitrogens with one attached hydrogen (secondary N) is 2. The molecule has 9 nitrogen and oxygen atoms in total. The summed E-state index contributed by atoms with van der Waals surface area (Å²) in [4.78, 5) is 49.3. The average molecular weight is 571 g/mol. The molecule has 0 bridgehead atoms. The molecule has 1 heterocycles. The Morgan fingerprint density at radius 1 is 0.929 bits per heavy atom. The van der Waals surface area contributed by atoms with Gasteiger partial charge in [-0.05, 0) is 66.8 Å². The molecule has 1 aliphatic carbocycles. The first kappa shape index (κ1) is 30.0. The van der Waals surface area contributed by atoms with Gasteiger partial charge in [0.15, 0.2) is 5.43 Å². The van der Waals surface area contributed by atoms with Gasteiger partial charge >= 0.3 is 5.97 Å². The third-order valence-electron chi connectivity index (χ3n) is 6.76. The highest BCUT2D eigenvalue weighted by molar-refractivity contribution is 6.09. The van der Waals surface area contributed by atoms with Gasteiger partial charge in [0.1, 0.15) is 17.1 Å². The van der Waals surface area contributed by atoms with Crippen molar-refractivity contribution < 1.29 is 29.0 Å². The van der Waals surface area contributed by atoms with Gasteiger partial charge in [0, 0.05) is 53.7 Å². The fourth-order valence-corrected chi connectivity index (χ4v) is 4.72. The Morgan fingerprint density at radius 3 is 2.50 bits per heavy atom.